The van der Waals surface area contributed by atoms with E-state index in [1.54, 1.807) is 14.2 Å². The summed E-state index contributed by atoms with van der Waals surface area (Å²) in [4.78, 5) is 0. The number of nitrogens with two attached hydrogens (primary N) is 1. The Morgan fingerprint density at radius 1 is 1.25 bits per heavy atom. The van der Waals surface area contributed by atoms with E-state index in [1.165, 1.54) is 0 Å². The highest BCUT2D eigenvalue weighted by molar-refractivity contribution is 5.47. The Bertz CT molecular complexity index is 353. The van der Waals surface area contributed by atoms with Gasteiger partial charge in [0.2, 0.25) is 0 Å². The van der Waals surface area contributed by atoms with Gasteiger partial charge in [-0.05, 0) is 31.7 Å². The molecule has 1 atom stereocenters. The van der Waals surface area contributed by atoms with Gasteiger partial charge in [-0.2, -0.15) is 0 Å². The van der Waals surface area contributed by atoms with Gasteiger partial charge >= 0.3 is 0 Å². The molecule has 16 heavy (non-hydrogen) atoms. The van der Waals surface area contributed by atoms with Crippen molar-refractivity contribution in [3.63, 3.8) is 0 Å². The van der Waals surface area contributed by atoms with E-state index in [0.29, 0.717) is 6.54 Å². The molecule has 0 aromatic heterocycles. The van der Waals surface area contributed by atoms with Gasteiger partial charge in [-0.25, -0.2) is 0 Å². The fraction of sp³-hybridized carbons (Fsp3) is 0.500. The fourth-order valence-electron chi connectivity index (χ4n) is 1.69. The van der Waals surface area contributed by atoms with E-state index in [1.807, 2.05) is 26.1 Å². The number of hydrogen-bond acceptors (Lipinski definition) is 4. The number of hydrogen-bond donors (Lipinski definition) is 2. The number of methoxy groups -OCH3 is 2. The first-order valence-corrected chi connectivity index (χ1v) is 5.26. The molecule has 4 heteroatoms. The summed E-state index contributed by atoms with van der Waals surface area (Å²) < 4.78 is 10.6. The van der Waals surface area contributed by atoms with Gasteiger partial charge in [-0.3, -0.25) is 0 Å². The Morgan fingerprint density at radius 2 is 1.88 bits per heavy atom. The molecule has 0 aliphatic rings. The van der Waals surface area contributed by atoms with Crippen LogP contribution in [0.5, 0.6) is 11.5 Å². The number of nitrogens with one attached hydrogen (secondary N) is 1. The zero-order chi connectivity index (χ0) is 12.1. The van der Waals surface area contributed by atoms with Crippen LogP contribution in [-0.2, 0) is 0 Å². The highest BCUT2D eigenvalue weighted by Crippen LogP contribution is 2.31. The van der Waals surface area contributed by atoms with E-state index in [9.17, 15) is 0 Å². The van der Waals surface area contributed by atoms with Crippen molar-refractivity contribution in [2.24, 2.45) is 5.73 Å². The molecule has 0 bridgehead atoms. The Morgan fingerprint density at radius 3 is 2.38 bits per heavy atom. The maximum absolute atomic E-state index is 6.06. The Hall–Kier alpha value is -1.26. The molecule has 1 aromatic rings. The quantitative estimate of drug-likeness (QED) is 0.790. The highest BCUT2D eigenvalue weighted by atomic mass is 16.5. The molecule has 0 saturated heterocycles. The molecule has 3 N–H and O–H groups in total. The lowest BCUT2D eigenvalue weighted by Crippen LogP contribution is -2.24. The van der Waals surface area contributed by atoms with E-state index < -0.39 is 0 Å². The van der Waals surface area contributed by atoms with Crippen LogP contribution in [0.15, 0.2) is 12.1 Å². The van der Waals surface area contributed by atoms with Crippen LogP contribution in [0.2, 0.25) is 0 Å². The van der Waals surface area contributed by atoms with Gasteiger partial charge in [0, 0.05) is 18.2 Å². The average Bonchev–Trinajstić information content (AvgIpc) is 2.28. The largest absolute Gasteiger partial charge is 0.496 e. The van der Waals surface area contributed by atoms with E-state index in [4.69, 9.17) is 15.2 Å². The minimum atomic E-state index is -0.102. The van der Waals surface area contributed by atoms with E-state index in [2.05, 4.69) is 5.32 Å². The maximum atomic E-state index is 6.06. The Labute approximate surface area is 96.7 Å². The third-order valence-corrected chi connectivity index (χ3v) is 2.57. The minimum Gasteiger partial charge on any atom is -0.496 e. The summed E-state index contributed by atoms with van der Waals surface area (Å²) in [5, 5.41) is 3.05. The second-order valence-electron chi connectivity index (χ2n) is 3.73. The molecule has 1 rings (SSSR count). The Kier molecular flexibility index (Phi) is 4.58. The Balaban J connectivity index is 3.13. The monoisotopic (exact) mass is 224 g/mol. The normalized spacial score (nSPS) is 12.3. The molecule has 0 amide bonds. The number of benzene rings is 1. The van der Waals surface area contributed by atoms with Crippen LogP contribution in [0.4, 0.5) is 0 Å². The molecule has 0 radical (unpaired) electrons. The van der Waals surface area contributed by atoms with E-state index in [0.717, 1.165) is 22.6 Å². The predicted molar refractivity (Wildman–Crippen MR) is 65.1 cm³/mol. The van der Waals surface area contributed by atoms with Crippen LogP contribution in [-0.4, -0.2) is 27.8 Å². The van der Waals surface area contributed by atoms with Crippen molar-refractivity contribution in [3.05, 3.63) is 23.3 Å². The first-order chi connectivity index (χ1) is 7.63. The van der Waals surface area contributed by atoms with Crippen LogP contribution < -0.4 is 20.5 Å². The molecule has 0 spiro atoms. The van der Waals surface area contributed by atoms with Gasteiger partial charge in [-0.15, -0.1) is 0 Å². The number of ether oxygens (including phenoxy) is 2. The van der Waals surface area contributed by atoms with E-state index in [-0.39, 0.29) is 6.04 Å². The molecule has 1 aromatic carbocycles. The third kappa shape index (κ3) is 2.65. The number of likely N-dealkylation sites (N-methyl/N-ethyl adjacent to an activating group) is 1. The van der Waals surface area contributed by atoms with Crippen molar-refractivity contribution in [3.8, 4) is 11.5 Å². The zero-order valence-electron chi connectivity index (χ0n) is 10.3. The average molecular weight is 224 g/mol. The molecule has 0 heterocycles. The summed E-state index contributed by atoms with van der Waals surface area (Å²) in [5.74, 6) is 1.64. The summed E-state index contributed by atoms with van der Waals surface area (Å²) >= 11 is 0. The summed E-state index contributed by atoms with van der Waals surface area (Å²) in [7, 11) is 5.18. The topological polar surface area (TPSA) is 56.5 Å². The van der Waals surface area contributed by atoms with Gasteiger partial charge in [0.05, 0.1) is 14.2 Å². The van der Waals surface area contributed by atoms with Crippen molar-refractivity contribution < 1.29 is 9.47 Å². The molecule has 0 aliphatic heterocycles. The first-order valence-electron chi connectivity index (χ1n) is 5.26. The fourth-order valence-corrected chi connectivity index (χ4v) is 1.69. The van der Waals surface area contributed by atoms with Gasteiger partial charge in [0.1, 0.15) is 11.5 Å². The summed E-state index contributed by atoms with van der Waals surface area (Å²) in [6.07, 6.45) is 0. The van der Waals surface area contributed by atoms with E-state index >= 15 is 0 Å². The highest BCUT2D eigenvalue weighted by Gasteiger charge is 2.14. The van der Waals surface area contributed by atoms with Crippen molar-refractivity contribution in [2.75, 3.05) is 27.8 Å². The third-order valence-electron chi connectivity index (χ3n) is 2.57. The minimum absolute atomic E-state index is 0.102. The van der Waals surface area contributed by atoms with Crippen LogP contribution >= 0.6 is 0 Å². The summed E-state index contributed by atoms with van der Waals surface area (Å²) in [6, 6.07) is 3.79. The molecule has 0 fully saturated rings. The zero-order valence-corrected chi connectivity index (χ0v) is 10.3. The molecule has 90 valence electrons. The van der Waals surface area contributed by atoms with Gasteiger partial charge < -0.3 is 20.5 Å². The van der Waals surface area contributed by atoms with Gasteiger partial charge in [0.25, 0.3) is 0 Å². The first kappa shape index (κ1) is 12.8. The second kappa shape index (κ2) is 5.72. The standard InChI is InChI=1S/C12H20N2O2/c1-8-5-12(16-4)9(6-11(8)15-3)10(13)7-14-2/h5-6,10,14H,7,13H2,1-4H3. The number of rotatable bonds is 5. The van der Waals surface area contributed by atoms with Crippen molar-refractivity contribution >= 4 is 0 Å². The van der Waals surface area contributed by atoms with Crippen LogP contribution in [0.25, 0.3) is 0 Å². The summed E-state index contributed by atoms with van der Waals surface area (Å²) in [5.41, 5.74) is 8.06. The maximum Gasteiger partial charge on any atom is 0.124 e. The lowest BCUT2D eigenvalue weighted by Gasteiger charge is -2.17. The lowest BCUT2D eigenvalue weighted by molar-refractivity contribution is 0.392. The second-order valence-corrected chi connectivity index (χ2v) is 3.73. The summed E-state index contributed by atoms with van der Waals surface area (Å²) in [6.45, 7) is 2.68. The van der Waals surface area contributed by atoms with Gasteiger partial charge in [-0.1, -0.05) is 0 Å². The SMILES string of the molecule is CNCC(N)c1cc(OC)c(C)cc1OC. The molecule has 1 unspecified atom stereocenters. The van der Waals surface area contributed by atoms with Crippen LogP contribution in [0, 0.1) is 6.92 Å². The van der Waals surface area contributed by atoms with Crippen molar-refractivity contribution in [2.45, 2.75) is 13.0 Å². The predicted octanol–water partition coefficient (Wildman–Crippen LogP) is 1.23. The van der Waals surface area contributed by atoms with Crippen molar-refractivity contribution in [1.82, 2.24) is 5.32 Å². The number of aryl methyl sites for hydroxylation is 1. The van der Waals surface area contributed by atoms with Crippen molar-refractivity contribution in [1.29, 1.82) is 0 Å². The molecular formula is C12H20N2O2. The van der Waals surface area contributed by atoms with Crippen LogP contribution in [0.1, 0.15) is 17.2 Å². The molecule has 0 aliphatic carbocycles. The van der Waals surface area contributed by atoms with Gasteiger partial charge in [0.15, 0.2) is 0 Å². The lowest BCUT2D eigenvalue weighted by atomic mass is 10.0. The van der Waals surface area contributed by atoms with Crippen LogP contribution in [0.3, 0.4) is 0 Å². The molecule has 0 saturated carbocycles. The smallest absolute Gasteiger partial charge is 0.124 e. The molecular weight excluding hydrogens is 204 g/mol. The molecule has 4 nitrogen and oxygen atoms in total.